The van der Waals surface area contributed by atoms with E-state index in [1.807, 2.05) is 6.07 Å². The molecule has 1 aliphatic heterocycles. The van der Waals surface area contributed by atoms with Crippen molar-refractivity contribution in [3.8, 4) is 0 Å². The van der Waals surface area contributed by atoms with E-state index in [4.69, 9.17) is 4.74 Å². The summed E-state index contributed by atoms with van der Waals surface area (Å²) in [5.41, 5.74) is 1.35. The first-order valence-electron chi connectivity index (χ1n) is 8.28. The van der Waals surface area contributed by atoms with Crippen molar-refractivity contribution in [2.24, 2.45) is 0 Å². The maximum absolute atomic E-state index is 12.9. The lowest BCUT2D eigenvalue weighted by Gasteiger charge is -2.39. The summed E-state index contributed by atoms with van der Waals surface area (Å²) in [7, 11) is 1.53. The Morgan fingerprint density at radius 3 is 2.73 bits per heavy atom. The van der Waals surface area contributed by atoms with Crippen molar-refractivity contribution in [3.05, 3.63) is 35.4 Å². The number of rotatable bonds is 4. The Morgan fingerprint density at radius 2 is 2.08 bits per heavy atom. The van der Waals surface area contributed by atoms with Gasteiger partial charge in [0.25, 0.3) is 5.91 Å². The number of ether oxygens (including phenoxy) is 1. The van der Waals surface area contributed by atoms with Crippen LogP contribution < -0.4 is 10.6 Å². The Labute approximate surface area is 149 Å². The third kappa shape index (κ3) is 4.87. The monoisotopic (exact) mass is 373 g/mol. The lowest BCUT2D eigenvalue weighted by Crippen LogP contribution is -2.59. The normalized spacial score (nSPS) is 20.6. The van der Waals surface area contributed by atoms with Gasteiger partial charge in [-0.15, -0.1) is 0 Å². The van der Waals surface area contributed by atoms with E-state index < -0.39 is 24.4 Å². The molecule has 0 unspecified atom stereocenters. The topological polar surface area (TPSA) is 70.7 Å². The number of nitrogens with zero attached hydrogens (tertiary/aromatic N) is 1. The van der Waals surface area contributed by atoms with Crippen LogP contribution in [0.3, 0.4) is 0 Å². The summed E-state index contributed by atoms with van der Waals surface area (Å²) >= 11 is 0. The molecular formula is C17H22F3N3O3. The molecule has 0 saturated carbocycles. The molecule has 1 fully saturated rings. The highest BCUT2D eigenvalue weighted by molar-refractivity contribution is 5.94. The Hall–Kier alpha value is -2.29. The summed E-state index contributed by atoms with van der Waals surface area (Å²) in [6, 6.07) is 5.28. The number of hydrogen-bond acceptors (Lipinski definition) is 3. The van der Waals surface area contributed by atoms with Crippen LogP contribution in [0.1, 0.15) is 22.8 Å². The molecule has 1 aliphatic rings. The Morgan fingerprint density at radius 1 is 1.35 bits per heavy atom. The van der Waals surface area contributed by atoms with Crippen LogP contribution in [0, 0.1) is 0 Å². The fourth-order valence-electron chi connectivity index (χ4n) is 2.87. The van der Waals surface area contributed by atoms with Gasteiger partial charge in [0.05, 0.1) is 12.6 Å². The van der Waals surface area contributed by atoms with Crippen molar-refractivity contribution in [3.63, 3.8) is 0 Å². The largest absolute Gasteiger partial charge is 0.416 e. The zero-order chi connectivity index (χ0) is 19.3. The summed E-state index contributed by atoms with van der Waals surface area (Å²) < 4.78 is 43.5. The third-order valence-electron chi connectivity index (χ3n) is 4.25. The van der Waals surface area contributed by atoms with E-state index >= 15 is 0 Å². The molecule has 0 aromatic heterocycles. The second-order valence-corrected chi connectivity index (χ2v) is 6.03. The maximum atomic E-state index is 12.9. The van der Waals surface area contributed by atoms with Gasteiger partial charge in [0, 0.05) is 25.7 Å². The summed E-state index contributed by atoms with van der Waals surface area (Å²) in [4.78, 5) is 25.0. The van der Waals surface area contributed by atoms with Crippen molar-refractivity contribution < 1.29 is 27.5 Å². The molecule has 1 heterocycles. The number of carbonyl (C=O) groups is 2. The first-order valence-corrected chi connectivity index (χ1v) is 8.28. The van der Waals surface area contributed by atoms with E-state index in [9.17, 15) is 22.8 Å². The van der Waals surface area contributed by atoms with Crippen molar-refractivity contribution in [1.29, 1.82) is 0 Å². The van der Waals surface area contributed by atoms with Crippen molar-refractivity contribution >= 4 is 11.9 Å². The number of hydrogen-bond donors (Lipinski definition) is 2. The molecular weight excluding hydrogens is 351 g/mol. The van der Waals surface area contributed by atoms with Crippen LogP contribution in [0.25, 0.3) is 0 Å². The lowest BCUT2D eigenvalue weighted by atomic mass is 10.1. The molecule has 1 saturated heterocycles. The quantitative estimate of drug-likeness (QED) is 0.848. The van der Waals surface area contributed by atoms with Crippen LogP contribution in [0.4, 0.5) is 18.0 Å². The van der Waals surface area contributed by atoms with Crippen molar-refractivity contribution in [2.45, 2.75) is 31.7 Å². The zero-order valence-electron chi connectivity index (χ0n) is 14.6. The highest BCUT2D eigenvalue weighted by atomic mass is 19.4. The summed E-state index contributed by atoms with van der Waals surface area (Å²) in [6.07, 6.45) is -6.04. The Bertz CT molecular complexity index is 652. The van der Waals surface area contributed by atoms with Gasteiger partial charge >= 0.3 is 12.2 Å². The first-order chi connectivity index (χ1) is 12.2. The van der Waals surface area contributed by atoms with Crippen molar-refractivity contribution in [1.82, 2.24) is 15.5 Å². The summed E-state index contributed by atoms with van der Waals surface area (Å²) in [5, 5.41) is 5.16. The molecule has 144 valence electrons. The fourth-order valence-corrected chi connectivity index (χ4v) is 2.87. The van der Waals surface area contributed by atoms with Crippen LogP contribution in [-0.2, 0) is 11.2 Å². The Balaban J connectivity index is 1.90. The van der Waals surface area contributed by atoms with E-state index in [-0.39, 0.29) is 25.6 Å². The summed E-state index contributed by atoms with van der Waals surface area (Å²) in [5.74, 6) is -0.212. The highest BCUT2D eigenvalue weighted by Gasteiger charge is 2.48. The van der Waals surface area contributed by atoms with Gasteiger partial charge in [0.15, 0.2) is 6.10 Å². The lowest BCUT2D eigenvalue weighted by molar-refractivity contribution is -0.246. The zero-order valence-corrected chi connectivity index (χ0v) is 14.6. The van der Waals surface area contributed by atoms with Crippen LogP contribution in [0.2, 0.25) is 0 Å². The third-order valence-corrected chi connectivity index (χ3v) is 4.25. The molecule has 0 aliphatic carbocycles. The first kappa shape index (κ1) is 20.0. The minimum absolute atomic E-state index is 0.103. The van der Waals surface area contributed by atoms with Gasteiger partial charge in [-0.25, -0.2) is 4.79 Å². The SMILES string of the molecule is CNC(=O)c1cccc(CCNC(=O)N2CCO[C@H](C(F)(F)F)[C@@H]2C)c1. The van der Waals surface area contributed by atoms with Crippen LogP contribution >= 0.6 is 0 Å². The minimum atomic E-state index is -4.52. The number of halogens is 3. The average Bonchev–Trinajstić information content (AvgIpc) is 2.60. The van der Waals surface area contributed by atoms with Gasteiger partial charge < -0.3 is 20.3 Å². The van der Waals surface area contributed by atoms with E-state index in [2.05, 4.69) is 10.6 Å². The number of carbonyl (C=O) groups excluding carboxylic acids is 2. The minimum Gasteiger partial charge on any atom is -0.365 e. The van der Waals surface area contributed by atoms with E-state index in [1.54, 1.807) is 18.2 Å². The number of nitrogens with one attached hydrogen (secondary N) is 2. The van der Waals surface area contributed by atoms with Gasteiger partial charge in [0.2, 0.25) is 0 Å². The van der Waals surface area contributed by atoms with E-state index in [1.165, 1.54) is 14.0 Å². The molecule has 2 N–H and O–H groups in total. The van der Waals surface area contributed by atoms with Gasteiger partial charge in [-0.2, -0.15) is 13.2 Å². The molecule has 0 radical (unpaired) electrons. The van der Waals surface area contributed by atoms with Gasteiger partial charge in [-0.1, -0.05) is 12.1 Å². The molecule has 6 nitrogen and oxygen atoms in total. The molecule has 0 bridgehead atoms. The fraction of sp³-hybridized carbons (Fsp3) is 0.529. The second-order valence-electron chi connectivity index (χ2n) is 6.03. The van der Waals surface area contributed by atoms with Gasteiger partial charge in [0.1, 0.15) is 0 Å². The van der Waals surface area contributed by atoms with Gasteiger partial charge in [-0.3, -0.25) is 4.79 Å². The number of alkyl halides is 3. The molecule has 26 heavy (non-hydrogen) atoms. The van der Waals surface area contributed by atoms with Crippen LogP contribution in [0.15, 0.2) is 24.3 Å². The molecule has 1 aromatic rings. The second kappa shape index (κ2) is 8.39. The molecule has 2 atom stereocenters. The smallest absolute Gasteiger partial charge is 0.365 e. The molecule has 3 amide bonds. The number of amides is 3. The predicted octanol–water partition coefficient (Wildman–Crippen LogP) is 1.95. The molecule has 0 spiro atoms. The van der Waals surface area contributed by atoms with Crippen LogP contribution in [-0.4, -0.2) is 61.9 Å². The van der Waals surface area contributed by atoms with E-state index in [0.717, 1.165) is 10.5 Å². The van der Waals surface area contributed by atoms with E-state index in [0.29, 0.717) is 12.0 Å². The summed E-state index contributed by atoms with van der Waals surface area (Å²) in [6.45, 7) is 1.52. The number of morpholine rings is 1. The average molecular weight is 373 g/mol. The molecule has 1 aromatic carbocycles. The Kier molecular flexibility index (Phi) is 6.47. The number of benzene rings is 1. The predicted molar refractivity (Wildman–Crippen MR) is 88.9 cm³/mol. The van der Waals surface area contributed by atoms with Gasteiger partial charge in [-0.05, 0) is 31.0 Å². The van der Waals surface area contributed by atoms with Crippen molar-refractivity contribution in [2.75, 3.05) is 26.7 Å². The molecule has 2 rings (SSSR count). The van der Waals surface area contributed by atoms with Crippen LogP contribution in [0.5, 0.6) is 0 Å². The highest BCUT2D eigenvalue weighted by Crippen LogP contribution is 2.29. The standard InChI is InChI=1S/C17H22F3N3O3/c1-11-14(17(18,19)20)26-9-8-23(11)16(25)22-7-6-12-4-3-5-13(10-12)15(24)21-2/h3-5,10-11,14H,6-9H2,1-2H3,(H,21,24)(H,22,25)/t11-,14-/m0/s1. The number of urea groups is 1. The molecule has 9 heteroatoms. The maximum Gasteiger partial charge on any atom is 0.416 e.